The first-order chi connectivity index (χ1) is 5.84. The quantitative estimate of drug-likeness (QED) is 0.714. The van der Waals surface area contributed by atoms with Crippen molar-refractivity contribution in [2.45, 2.75) is 26.3 Å². The number of aryl methyl sites for hydroxylation is 1. The predicted octanol–water partition coefficient (Wildman–Crippen LogP) is 2.47. The summed E-state index contributed by atoms with van der Waals surface area (Å²) in [5.41, 5.74) is 5.32. The van der Waals surface area contributed by atoms with Gasteiger partial charge in [0.05, 0.1) is 0 Å². The van der Waals surface area contributed by atoms with Gasteiger partial charge in [0.2, 0.25) is 0 Å². The zero-order valence-corrected chi connectivity index (χ0v) is 7.99. The van der Waals surface area contributed by atoms with E-state index >= 15 is 0 Å². The summed E-state index contributed by atoms with van der Waals surface area (Å²) in [6.45, 7) is 4.80. The lowest BCUT2D eigenvalue weighted by Gasteiger charge is -2.20. The zero-order valence-electron chi connectivity index (χ0n) is 7.99. The Morgan fingerprint density at radius 2 is 1.69 bits per heavy atom. The molecule has 2 N–H and O–H groups in total. The van der Waals surface area contributed by atoms with E-state index in [2.05, 4.69) is 0 Å². The van der Waals surface area contributed by atoms with E-state index in [9.17, 15) is 8.78 Å². The van der Waals surface area contributed by atoms with Crippen LogP contribution in [0, 0.1) is 18.6 Å². The summed E-state index contributed by atoms with van der Waals surface area (Å²) in [6, 6.07) is 3.05. The van der Waals surface area contributed by atoms with Gasteiger partial charge in [0.15, 0.2) is 11.6 Å². The average molecular weight is 185 g/mol. The molecule has 0 aromatic heterocycles. The Morgan fingerprint density at radius 3 is 2.15 bits per heavy atom. The molecule has 0 aliphatic carbocycles. The minimum Gasteiger partial charge on any atom is -0.322 e. The fourth-order valence-electron chi connectivity index (χ4n) is 1.14. The van der Waals surface area contributed by atoms with Crippen LogP contribution >= 0.6 is 0 Å². The van der Waals surface area contributed by atoms with Gasteiger partial charge in [-0.15, -0.1) is 0 Å². The Morgan fingerprint density at radius 1 is 1.15 bits per heavy atom. The molecule has 72 valence electrons. The van der Waals surface area contributed by atoms with Gasteiger partial charge in [0, 0.05) is 11.1 Å². The van der Waals surface area contributed by atoms with E-state index in [1.165, 1.54) is 19.1 Å². The minimum atomic E-state index is -0.849. The Balaban J connectivity index is 3.35. The third-order valence-corrected chi connectivity index (χ3v) is 1.97. The molecule has 1 nitrogen and oxygen atoms in total. The van der Waals surface area contributed by atoms with E-state index in [1.807, 2.05) is 0 Å². The van der Waals surface area contributed by atoms with Crippen molar-refractivity contribution < 1.29 is 8.78 Å². The average Bonchev–Trinajstić information content (AvgIpc) is 1.98. The summed E-state index contributed by atoms with van der Waals surface area (Å²) in [4.78, 5) is 0. The second-order valence-corrected chi connectivity index (χ2v) is 3.78. The van der Waals surface area contributed by atoms with Gasteiger partial charge in [0.1, 0.15) is 0 Å². The van der Waals surface area contributed by atoms with E-state index in [0.29, 0.717) is 5.56 Å². The van der Waals surface area contributed by atoms with Gasteiger partial charge in [-0.1, -0.05) is 12.1 Å². The molecule has 1 rings (SSSR count). The lowest BCUT2D eigenvalue weighted by Crippen LogP contribution is -2.30. The summed E-state index contributed by atoms with van der Waals surface area (Å²) in [6.07, 6.45) is 0. The van der Waals surface area contributed by atoms with Crippen molar-refractivity contribution in [3.05, 3.63) is 34.9 Å². The lowest BCUT2D eigenvalue weighted by molar-refractivity contribution is 0.452. The maximum absolute atomic E-state index is 13.3. The highest BCUT2D eigenvalue weighted by molar-refractivity contribution is 5.29. The molecule has 0 spiro atoms. The molecule has 0 atom stereocenters. The van der Waals surface area contributed by atoms with Crippen LogP contribution < -0.4 is 5.73 Å². The number of halogens is 2. The second-order valence-electron chi connectivity index (χ2n) is 3.78. The number of nitrogens with two attached hydrogens (primary N) is 1. The van der Waals surface area contributed by atoms with Crippen molar-refractivity contribution in [3.63, 3.8) is 0 Å². The van der Waals surface area contributed by atoms with Gasteiger partial charge in [-0.05, 0) is 26.3 Å². The van der Waals surface area contributed by atoms with Gasteiger partial charge in [-0.2, -0.15) is 0 Å². The van der Waals surface area contributed by atoms with Crippen molar-refractivity contribution in [3.8, 4) is 0 Å². The lowest BCUT2D eigenvalue weighted by atomic mass is 9.94. The van der Waals surface area contributed by atoms with Crippen LogP contribution in [-0.4, -0.2) is 0 Å². The first-order valence-electron chi connectivity index (χ1n) is 4.08. The largest absolute Gasteiger partial charge is 0.322 e. The summed E-state index contributed by atoms with van der Waals surface area (Å²) >= 11 is 0. The van der Waals surface area contributed by atoms with Gasteiger partial charge in [0.25, 0.3) is 0 Å². The molecule has 0 fully saturated rings. The number of hydrogen-bond donors (Lipinski definition) is 1. The topological polar surface area (TPSA) is 26.0 Å². The smallest absolute Gasteiger partial charge is 0.164 e. The molecule has 1 aromatic carbocycles. The first-order valence-corrected chi connectivity index (χ1v) is 4.08. The molecule has 0 aliphatic rings. The molecule has 1 aromatic rings. The highest BCUT2D eigenvalue weighted by Gasteiger charge is 2.21. The molecule has 0 saturated carbocycles. The van der Waals surface area contributed by atoms with Crippen molar-refractivity contribution in [1.29, 1.82) is 0 Å². The fourth-order valence-corrected chi connectivity index (χ4v) is 1.14. The maximum Gasteiger partial charge on any atom is 0.164 e. The van der Waals surface area contributed by atoms with E-state index in [0.717, 1.165) is 0 Å². The highest BCUT2D eigenvalue weighted by atomic mass is 19.2. The van der Waals surface area contributed by atoms with Gasteiger partial charge < -0.3 is 5.73 Å². The molecule has 0 radical (unpaired) electrons. The van der Waals surface area contributed by atoms with Crippen LogP contribution in [0.1, 0.15) is 25.0 Å². The van der Waals surface area contributed by atoms with E-state index < -0.39 is 17.2 Å². The van der Waals surface area contributed by atoms with E-state index in [1.54, 1.807) is 13.8 Å². The molecular formula is C10H13F2N. The van der Waals surface area contributed by atoms with E-state index in [4.69, 9.17) is 5.73 Å². The van der Waals surface area contributed by atoms with Crippen LogP contribution in [0.25, 0.3) is 0 Å². The van der Waals surface area contributed by atoms with Crippen molar-refractivity contribution in [1.82, 2.24) is 0 Å². The minimum absolute atomic E-state index is 0.204. The number of hydrogen-bond acceptors (Lipinski definition) is 1. The normalized spacial score (nSPS) is 11.8. The molecule has 13 heavy (non-hydrogen) atoms. The van der Waals surface area contributed by atoms with Crippen LogP contribution in [0.3, 0.4) is 0 Å². The summed E-state index contributed by atoms with van der Waals surface area (Å²) in [7, 11) is 0. The Hall–Kier alpha value is -0.960. The molecule has 0 amide bonds. The third kappa shape index (κ3) is 1.86. The molecule has 0 unspecified atom stereocenters. The van der Waals surface area contributed by atoms with Crippen LogP contribution in [0.5, 0.6) is 0 Å². The Bertz CT molecular complexity index is 326. The van der Waals surface area contributed by atoms with Crippen molar-refractivity contribution in [2.75, 3.05) is 0 Å². The van der Waals surface area contributed by atoms with Crippen molar-refractivity contribution in [2.24, 2.45) is 5.73 Å². The number of benzene rings is 1. The zero-order chi connectivity index (χ0) is 10.2. The summed E-state index contributed by atoms with van der Waals surface area (Å²) in [5, 5.41) is 0. The van der Waals surface area contributed by atoms with Crippen molar-refractivity contribution >= 4 is 0 Å². The molecule has 3 heteroatoms. The standard InChI is InChI=1S/C10H13F2N/c1-6-4-5-7(10(2,3)13)9(12)8(6)11/h4-5H,13H2,1-3H3. The molecule has 0 bridgehead atoms. The van der Waals surface area contributed by atoms with Gasteiger partial charge in [-0.3, -0.25) is 0 Å². The Kier molecular flexibility index (Phi) is 2.39. The van der Waals surface area contributed by atoms with Gasteiger partial charge >= 0.3 is 0 Å². The van der Waals surface area contributed by atoms with Gasteiger partial charge in [-0.25, -0.2) is 8.78 Å². The van der Waals surface area contributed by atoms with Crippen LogP contribution in [0.2, 0.25) is 0 Å². The Labute approximate surface area is 76.6 Å². The number of rotatable bonds is 1. The van der Waals surface area contributed by atoms with E-state index in [-0.39, 0.29) is 5.56 Å². The molecule has 0 aliphatic heterocycles. The van der Waals surface area contributed by atoms with Crippen LogP contribution in [0.4, 0.5) is 8.78 Å². The highest BCUT2D eigenvalue weighted by Crippen LogP contribution is 2.23. The fraction of sp³-hybridized carbons (Fsp3) is 0.400. The maximum atomic E-state index is 13.3. The predicted molar refractivity (Wildman–Crippen MR) is 48.3 cm³/mol. The summed E-state index contributed by atoms with van der Waals surface area (Å²) < 4.78 is 26.4. The first kappa shape index (κ1) is 10.1. The second kappa shape index (κ2) is 3.07. The third-order valence-electron chi connectivity index (χ3n) is 1.97. The molecule has 0 saturated heterocycles. The van der Waals surface area contributed by atoms with Crippen LogP contribution in [0.15, 0.2) is 12.1 Å². The monoisotopic (exact) mass is 185 g/mol. The summed E-state index contributed by atoms with van der Waals surface area (Å²) in [5.74, 6) is -1.65. The van der Waals surface area contributed by atoms with Crippen LogP contribution in [-0.2, 0) is 5.54 Å². The molecule has 0 heterocycles. The SMILES string of the molecule is Cc1ccc(C(C)(C)N)c(F)c1F. The molecular weight excluding hydrogens is 172 g/mol.